The molecule has 2 saturated heterocycles. The lowest BCUT2D eigenvalue weighted by molar-refractivity contribution is -0.126. The average Bonchev–Trinajstić information content (AvgIpc) is 2.74. The zero-order chi connectivity index (χ0) is 14.4. The summed E-state index contributed by atoms with van der Waals surface area (Å²) in [5.74, 6) is 1.06. The third kappa shape index (κ3) is 4.74. The molecule has 0 radical (unpaired) electrons. The first-order valence-electron chi connectivity index (χ1n) is 8.39. The van der Waals surface area contributed by atoms with Crippen molar-refractivity contribution in [3.63, 3.8) is 0 Å². The Hall–Kier alpha value is -0.610. The molecular formula is C16H31N3O. The lowest BCUT2D eigenvalue weighted by atomic mass is 9.93. The van der Waals surface area contributed by atoms with Gasteiger partial charge >= 0.3 is 0 Å². The van der Waals surface area contributed by atoms with Crippen molar-refractivity contribution in [1.82, 2.24) is 15.5 Å². The highest BCUT2D eigenvalue weighted by molar-refractivity contribution is 5.78. The second-order valence-electron chi connectivity index (χ2n) is 6.78. The highest BCUT2D eigenvalue weighted by Crippen LogP contribution is 2.23. The summed E-state index contributed by atoms with van der Waals surface area (Å²) >= 11 is 0. The van der Waals surface area contributed by atoms with Gasteiger partial charge in [-0.25, -0.2) is 0 Å². The minimum Gasteiger partial charge on any atom is -0.356 e. The van der Waals surface area contributed by atoms with Gasteiger partial charge in [-0.2, -0.15) is 0 Å². The number of nitrogens with one attached hydrogen (secondary N) is 2. The second kappa shape index (κ2) is 7.99. The second-order valence-corrected chi connectivity index (χ2v) is 6.78. The number of hydrogen-bond acceptors (Lipinski definition) is 3. The van der Waals surface area contributed by atoms with E-state index in [-0.39, 0.29) is 11.8 Å². The first-order chi connectivity index (χ1) is 9.66. The van der Waals surface area contributed by atoms with Gasteiger partial charge in [0, 0.05) is 18.5 Å². The average molecular weight is 281 g/mol. The molecule has 0 bridgehead atoms. The van der Waals surface area contributed by atoms with E-state index in [4.69, 9.17) is 0 Å². The molecule has 0 aromatic heterocycles. The standard InChI is InChI=1S/C16H31N3O/c1-13(2)12-18-16(20)14-6-10-19(11-7-14)15-4-3-8-17-9-5-15/h13-15,17H,3-12H2,1-2H3,(H,18,20)/t15-/m0/s1. The minimum absolute atomic E-state index is 0.244. The number of nitrogens with zero attached hydrogens (tertiary/aromatic N) is 1. The van der Waals surface area contributed by atoms with Crippen molar-refractivity contribution in [3.05, 3.63) is 0 Å². The van der Waals surface area contributed by atoms with Gasteiger partial charge in [0.2, 0.25) is 5.91 Å². The molecule has 2 N–H and O–H groups in total. The smallest absolute Gasteiger partial charge is 0.223 e. The van der Waals surface area contributed by atoms with Gasteiger partial charge in [0.05, 0.1) is 0 Å². The van der Waals surface area contributed by atoms with E-state index in [0.717, 1.165) is 45.1 Å². The fraction of sp³-hybridized carbons (Fsp3) is 0.938. The zero-order valence-electron chi connectivity index (χ0n) is 13.2. The van der Waals surface area contributed by atoms with E-state index in [1.165, 1.54) is 25.8 Å². The molecule has 4 nitrogen and oxygen atoms in total. The molecule has 1 amide bonds. The molecule has 2 fully saturated rings. The van der Waals surface area contributed by atoms with Gasteiger partial charge in [0.15, 0.2) is 0 Å². The van der Waals surface area contributed by atoms with Crippen LogP contribution in [0.5, 0.6) is 0 Å². The Balaban J connectivity index is 1.72. The van der Waals surface area contributed by atoms with E-state index in [0.29, 0.717) is 5.92 Å². The van der Waals surface area contributed by atoms with Gasteiger partial charge in [-0.15, -0.1) is 0 Å². The summed E-state index contributed by atoms with van der Waals surface area (Å²) in [7, 11) is 0. The molecule has 20 heavy (non-hydrogen) atoms. The Morgan fingerprint density at radius 1 is 1.20 bits per heavy atom. The van der Waals surface area contributed by atoms with Gasteiger partial charge < -0.3 is 15.5 Å². The molecule has 0 saturated carbocycles. The maximum atomic E-state index is 12.1. The number of rotatable bonds is 4. The molecule has 0 aromatic carbocycles. The third-order valence-electron chi connectivity index (χ3n) is 4.65. The summed E-state index contributed by atoms with van der Waals surface area (Å²) in [5.41, 5.74) is 0. The molecule has 0 aliphatic carbocycles. The van der Waals surface area contributed by atoms with E-state index >= 15 is 0 Å². The van der Waals surface area contributed by atoms with E-state index < -0.39 is 0 Å². The normalized spacial score (nSPS) is 26.4. The molecular weight excluding hydrogens is 250 g/mol. The Kier molecular flexibility index (Phi) is 6.30. The Morgan fingerprint density at radius 2 is 1.95 bits per heavy atom. The van der Waals surface area contributed by atoms with Gasteiger partial charge in [0.25, 0.3) is 0 Å². The predicted molar refractivity (Wildman–Crippen MR) is 82.7 cm³/mol. The molecule has 2 heterocycles. The van der Waals surface area contributed by atoms with Gasteiger partial charge in [-0.05, 0) is 64.2 Å². The van der Waals surface area contributed by atoms with Crippen LogP contribution in [0.15, 0.2) is 0 Å². The number of piperidine rings is 1. The molecule has 4 heteroatoms. The number of amides is 1. The lowest BCUT2D eigenvalue weighted by Gasteiger charge is -2.36. The van der Waals surface area contributed by atoms with Crippen LogP contribution in [0.2, 0.25) is 0 Å². The monoisotopic (exact) mass is 281 g/mol. The van der Waals surface area contributed by atoms with Crippen LogP contribution in [0.4, 0.5) is 0 Å². The van der Waals surface area contributed by atoms with Crippen molar-refractivity contribution in [2.24, 2.45) is 11.8 Å². The lowest BCUT2D eigenvalue weighted by Crippen LogP contribution is -2.45. The van der Waals surface area contributed by atoms with Crippen LogP contribution in [-0.2, 0) is 4.79 Å². The molecule has 0 spiro atoms. The van der Waals surface area contributed by atoms with E-state index in [1.54, 1.807) is 0 Å². The Bertz CT molecular complexity index is 290. The summed E-state index contributed by atoms with van der Waals surface area (Å²) in [6.45, 7) is 9.62. The predicted octanol–water partition coefficient (Wildman–Crippen LogP) is 1.61. The highest BCUT2D eigenvalue weighted by atomic mass is 16.1. The molecule has 2 rings (SSSR count). The van der Waals surface area contributed by atoms with Crippen LogP contribution >= 0.6 is 0 Å². The largest absolute Gasteiger partial charge is 0.356 e. The molecule has 116 valence electrons. The Labute approximate surface area is 123 Å². The van der Waals surface area contributed by atoms with Crippen molar-refractivity contribution in [2.75, 3.05) is 32.7 Å². The summed E-state index contributed by atoms with van der Waals surface area (Å²) in [5, 5.41) is 6.57. The molecule has 0 aromatic rings. The Morgan fingerprint density at radius 3 is 2.65 bits per heavy atom. The van der Waals surface area contributed by atoms with Gasteiger partial charge in [-0.3, -0.25) is 4.79 Å². The van der Waals surface area contributed by atoms with Crippen molar-refractivity contribution < 1.29 is 4.79 Å². The molecule has 2 aliphatic rings. The summed E-state index contributed by atoms with van der Waals surface area (Å²) in [4.78, 5) is 14.7. The highest BCUT2D eigenvalue weighted by Gasteiger charge is 2.28. The van der Waals surface area contributed by atoms with Crippen molar-refractivity contribution in [3.8, 4) is 0 Å². The summed E-state index contributed by atoms with van der Waals surface area (Å²) < 4.78 is 0. The van der Waals surface area contributed by atoms with Crippen LogP contribution in [0.25, 0.3) is 0 Å². The summed E-state index contributed by atoms with van der Waals surface area (Å²) in [6.07, 6.45) is 5.95. The van der Waals surface area contributed by atoms with Crippen molar-refractivity contribution in [1.29, 1.82) is 0 Å². The first-order valence-corrected chi connectivity index (χ1v) is 8.39. The number of hydrogen-bond donors (Lipinski definition) is 2. The van der Waals surface area contributed by atoms with E-state index in [1.807, 2.05) is 0 Å². The van der Waals surface area contributed by atoms with Gasteiger partial charge in [-0.1, -0.05) is 13.8 Å². The SMILES string of the molecule is CC(C)CNC(=O)C1CCN([C@H]2CCCNCC2)CC1. The minimum atomic E-state index is 0.244. The molecule has 1 atom stereocenters. The number of likely N-dealkylation sites (tertiary alicyclic amines) is 1. The number of carbonyl (C=O) groups excluding carboxylic acids is 1. The first kappa shape index (κ1) is 15.8. The molecule has 0 unspecified atom stereocenters. The van der Waals surface area contributed by atoms with E-state index in [9.17, 15) is 4.79 Å². The third-order valence-corrected chi connectivity index (χ3v) is 4.65. The van der Waals surface area contributed by atoms with E-state index in [2.05, 4.69) is 29.4 Å². The summed E-state index contributed by atoms with van der Waals surface area (Å²) in [6, 6.07) is 0.740. The quantitative estimate of drug-likeness (QED) is 0.823. The van der Waals surface area contributed by atoms with Crippen molar-refractivity contribution in [2.45, 2.75) is 52.0 Å². The van der Waals surface area contributed by atoms with Crippen molar-refractivity contribution >= 4 is 5.91 Å². The maximum absolute atomic E-state index is 12.1. The molecule has 2 aliphatic heterocycles. The van der Waals surface area contributed by atoms with Crippen LogP contribution in [0.1, 0.15) is 46.0 Å². The van der Waals surface area contributed by atoms with Crippen LogP contribution < -0.4 is 10.6 Å². The fourth-order valence-corrected chi connectivity index (χ4v) is 3.34. The number of carbonyl (C=O) groups is 1. The fourth-order valence-electron chi connectivity index (χ4n) is 3.34. The zero-order valence-corrected chi connectivity index (χ0v) is 13.2. The topological polar surface area (TPSA) is 44.4 Å². The van der Waals surface area contributed by atoms with Crippen LogP contribution in [-0.4, -0.2) is 49.6 Å². The van der Waals surface area contributed by atoms with Crippen LogP contribution in [0, 0.1) is 11.8 Å². The van der Waals surface area contributed by atoms with Crippen LogP contribution in [0.3, 0.4) is 0 Å². The maximum Gasteiger partial charge on any atom is 0.223 e. The van der Waals surface area contributed by atoms with Gasteiger partial charge in [0.1, 0.15) is 0 Å².